The number of benzene rings is 1. The van der Waals surface area contributed by atoms with Gasteiger partial charge in [-0.1, -0.05) is 46.3 Å². The third-order valence-corrected chi connectivity index (χ3v) is 2.97. The van der Waals surface area contributed by atoms with Gasteiger partial charge in [-0.3, -0.25) is 4.98 Å². The van der Waals surface area contributed by atoms with E-state index in [1.165, 1.54) is 11.1 Å². The SMILES string of the molecule is Cc1cc(Br)c(-c2ccccc2)c(C)n1. The van der Waals surface area contributed by atoms with Gasteiger partial charge in [0.15, 0.2) is 0 Å². The highest BCUT2D eigenvalue weighted by molar-refractivity contribution is 9.10. The van der Waals surface area contributed by atoms with Gasteiger partial charge in [-0.05, 0) is 25.5 Å². The maximum Gasteiger partial charge on any atom is 0.0465 e. The number of aryl methyl sites for hydroxylation is 2. The molecule has 0 saturated carbocycles. The summed E-state index contributed by atoms with van der Waals surface area (Å²) in [6, 6.07) is 12.4. The zero-order valence-corrected chi connectivity index (χ0v) is 10.4. The molecule has 1 aromatic heterocycles. The molecule has 0 atom stereocenters. The fourth-order valence-electron chi connectivity index (χ4n) is 1.73. The molecule has 0 spiro atoms. The minimum absolute atomic E-state index is 1.04. The minimum Gasteiger partial charge on any atom is -0.258 e. The molecule has 0 unspecified atom stereocenters. The molecule has 0 amide bonds. The Kier molecular flexibility index (Phi) is 2.87. The maximum atomic E-state index is 4.48. The van der Waals surface area contributed by atoms with E-state index in [2.05, 4.69) is 39.1 Å². The van der Waals surface area contributed by atoms with Gasteiger partial charge in [-0.15, -0.1) is 0 Å². The quantitative estimate of drug-likeness (QED) is 0.753. The Morgan fingerprint density at radius 2 is 1.73 bits per heavy atom. The second kappa shape index (κ2) is 4.15. The third kappa shape index (κ3) is 2.10. The van der Waals surface area contributed by atoms with Crippen LogP contribution in [0.3, 0.4) is 0 Å². The molecule has 2 aromatic rings. The van der Waals surface area contributed by atoms with Crippen molar-refractivity contribution in [2.75, 3.05) is 0 Å². The van der Waals surface area contributed by atoms with E-state index in [0.29, 0.717) is 0 Å². The zero-order valence-electron chi connectivity index (χ0n) is 8.79. The molecule has 1 nitrogen and oxygen atoms in total. The zero-order chi connectivity index (χ0) is 10.8. The molecule has 0 aliphatic carbocycles. The van der Waals surface area contributed by atoms with E-state index in [0.717, 1.165) is 15.9 Å². The van der Waals surface area contributed by atoms with Gasteiger partial charge < -0.3 is 0 Å². The van der Waals surface area contributed by atoms with Crippen molar-refractivity contribution < 1.29 is 0 Å². The highest BCUT2D eigenvalue weighted by Crippen LogP contribution is 2.30. The van der Waals surface area contributed by atoms with Crippen LogP contribution in [0.15, 0.2) is 40.9 Å². The Morgan fingerprint density at radius 1 is 1.07 bits per heavy atom. The van der Waals surface area contributed by atoms with E-state index < -0.39 is 0 Å². The van der Waals surface area contributed by atoms with Gasteiger partial charge in [0, 0.05) is 21.4 Å². The molecule has 0 saturated heterocycles. The highest BCUT2D eigenvalue weighted by atomic mass is 79.9. The Morgan fingerprint density at radius 3 is 2.33 bits per heavy atom. The summed E-state index contributed by atoms with van der Waals surface area (Å²) in [6.45, 7) is 4.05. The van der Waals surface area contributed by atoms with Crippen LogP contribution in [0.4, 0.5) is 0 Å². The molecule has 0 aliphatic heterocycles. The van der Waals surface area contributed by atoms with E-state index >= 15 is 0 Å². The maximum absolute atomic E-state index is 4.48. The minimum atomic E-state index is 1.04. The molecule has 0 fully saturated rings. The Labute approximate surface area is 98.3 Å². The number of rotatable bonds is 1. The smallest absolute Gasteiger partial charge is 0.0465 e. The molecule has 1 heterocycles. The van der Waals surface area contributed by atoms with Gasteiger partial charge in [0.05, 0.1) is 0 Å². The summed E-state index contributed by atoms with van der Waals surface area (Å²) >= 11 is 3.59. The lowest BCUT2D eigenvalue weighted by molar-refractivity contribution is 1.12. The molecule has 2 heteroatoms. The van der Waals surface area contributed by atoms with Gasteiger partial charge in [0.25, 0.3) is 0 Å². The summed E-state index contributed by atoms with van der Waals surface area (Å²) in [5.41, 5.74) is 4.49. The van der Waals surface area contributed by atoms with Crippen molar-refractivity contribution in [3.63, 3.8) is 0 Å². The second-order valence-electron chi connectivity index (χ2n) is 3.57. The molecule has 15 heavy (non-hydrogen) atoms. The molecule has 0 N–H and O–H groups in total. The van der Waals surface area contributed by atoms with Gasteiger partial charge in [0.1, 0.15) is 0 Å². The van der Waals surface area contributed by atoms with Crippen molar-refractivity contribution in [3.05, 3.63) is 52.3 Å². The van der Waals surface area contributed by atoms with Gasteiger partial charge in [0.2, 0.25) is 0 Å². The summed E-state index contributed by atoms with van der Waals surface area (Å²) < 4.78 is 1.11. The predicted molar refractivity (Wildman–Crippen MR) is 66.8 cm³/mol. The fourth-order valence-corrected chi connectivity index (χ4v) is 2.58. The van der Waals surface area contributed by atoms with Crippen LogP contribution < -0.4 is 0 Å². The van der Waals surface area contributed by atoms with Crippen molar-refractivity contribution in [1.29, 1.82) is 0 Å². The molecule has 0 bridgehead atoms. The molecule has 0 radical (unpaired) electrons. The summed E-state index contributed by atoms with van der Waals surface area (Å²) in [5.74, 6) is 0. The van der Waals surface area contributed by atoms with Crippen molar-refractivity contribution in [2.45, 2.75) is 13.8 Å². The molecule has 76 valence electrons. The van der Waals surface area contributed by atoms with Crippen LogP contribution in [0.25, 0.3) is 11.1 Å². The van der Waals surface area contributed by atoms with E-state index in [1.54, 1.807) is 0 Å². The topological polar surface area (TPSA) is 12.9 Å². The molecular formula is C13H12BrN. The summed E-state index contributed by atoms with van der Waals surface area (Å²) in [4.78, 5) is 4.48. The monoisotopic (exact) mass is 261 g/mol. The highest BCUT2D eigenvalue weighted by Gasteiger charge is 2.07. The summed E-state index contributed by atoms with van der Waals surface area (Å²) in [6.07, 6.45) is 0. The van der Waals surface area contributed by atoms with Gasteiger partial charge >= 0.3 is 0 Å². The fraction of sp³-hybridized carbons (Fsp3) is 0.154. The first-order chi connectivity index (χ1) is 7.18. The van der Waals surface area contributed by atoms with E-state index in [4.69, 9.17) is 0 Å². The standard InChI is InChI=1S/C13H12BrN/c1-9-8-12(14)13(10(2)15-9)11-6-4-3-5-7-11/h3-8H,1-2H3. The van der Waals surface area contributed by atoms with Crippen LogP contribution in [-0.4, -0.2) is 4.98 Å². The summed E-state index contributed by atoms with van der Waals surface area (Å²) in [5, 5.41) is 0. The van der Waals surface area contributed by atoms with Crippen LogP contribution in [0, 0.1) is 13.8 Å². The lowest BCUT2D eigenvalue weighted by atomic mass is 10.0. The third-order valence-electron chi connectivity index (χ3n) is 2.34. The van der Waals surface area contributed by atoms with E-state index in [1.807, 2.05) is 32.0 Å². The van der Waals surface area contributed by atoms with Crippen LogP contribution >= 0.6 is 15.9 Å². The Balaban J connectivity index is 2.64. The molecular weight excluding hydrogens is 250 g/mol. The Hall–Kier alpha value is -1.15. The number of pyridine rings is 1. The largest absolute Gasteiger partial charge is 0.258 e. The summed E-state index contributed by atoms with van der Waals surface area (Å²) in [7, 11) is 0. The average Bonchev–Trinajstić information content (AvgIpc) is 2.17. The number of aromatic nitrogens is 1. The second-order valence-corrected chi connectivity index (χ2v) is 4.43. The molecule has 1 aromatic carbocycles. The first-order valence-electron chi connectivity index (χ1n) is 4.87. The van der Waals surface area contributed by atoms with Gasteiger partial charge in [-0.2, -0.15) is 0 Å². The number of nitrogens with zero attached hydrogens (tertiary/aromatic N) is 1. The number of halogens is 1. The van der Waals surface area contributed by atoms with Gasteiger partial charge in [-0.25, -0.2) is 0 Å². The molecule has 2 rings (SSSR count). The van der Waals surface area contributed by atoms with E-state index in [-0.39, 0.29) is 0 Å². The molecule has 0 aliphatic rings. The number of hydrogen-bond acceptors (Lipinski definition) is 1. The van der Waals surface area contributed by atoms with Crippen molar-refractivity contribution in [3.8, 4) is 11.1 Å². The van der Waals surface area contributed by atoms with Crippen LogP contribution in [0.1, 0.15) is 11.4 Å². The van der Waals surface area contributed by atoms with Crippen LogP contribution in [0.5, 0.6) is 0 Å². The normalized spacial score (nSPS) is 10.3. The lowest BCUT2D eigenvalue weighted by Gasteiger charge is -2.09. The van der Waals surface area contributed by atoms with E-state index in [9.17, 15) is 0 Å². The van der Waals surface area contributed by atoms with Crippen LogP contribution in [-0.2, 0) is 0 Å². The van der Waals surface area contributed by atoms with Crippen molar-refractivity contribution in [1.82, 2.24) is 4.98 Å². The van der Waals surface area contributed by atoms with Crippen LogP contribution in [0.2, 0.25) is 0 Å². The lowest BCUT2D eigenvalue weighted by Crippen LogP contribution is -1.92. The first-order valence-corrected chi connectivity index (χ1v) is 5.67. The van der Waals surface area contributed by atoms with Crippen molar-refractivity contribution in [2.24, 2.45) is 0 Å². The average molecular weight is 262 g/mol. The first kappa shape index (κ1) is 10.4. The number of hydrogen-bond donors (Lipinski definition) is 0. The predicted octanol–water partition coefficient (Wildman–Crippen LogP) is 4.13. The Bertz CT molecular complexity index is 454. The van der Waals surface area contributed by atoms with Crippen molar-refractivity contribution >= 4 is 15.9 Å².